The van der Waals surface area contributed by atoms with Crippen molar-refractivity contribution in [3.63, 3.8) is 0 Å². The number of anilines is 1. The molecule has 3 aromatic rings. The van der Waals surface area contributed by atoms with Crippen molar-refractivity contribution in [2.24, 2.45) is 0 Å². The Labute approximate surface area is 140 Å². The van der Waals surface area contributed by atoms with Crippen LogP contribution in [0.15, 0.2) is 30.6 Å². The number of hydrogen-bond donors (Lipinski definition) is 1. The maximum absolute atomic E-state index is 5.51. The van der Waals surface area contributed by atoms with Crippen molar-refractivity contribution in [3.8, 4) is 17.2 Å². The van der Waals surface area contributed by atoms with Gasteiger partial charge in [0.2, 0.25) is 5.75 Å². The molecule has 24 heavy (non-hydrogen) atoms. The van der Waals surface area contributed by atoms with Gasteiger partial charge < -0.3 is 19.5 Å². The summed E-state index contributed by atoms with van der Waals surface area (Å²) in [6.07, 6.45) is 3.54. The zero-order valence-electron chi connectivity index (χ0n) is 14.2. The second kappa shape index (κ2) is 6.66. The molecular weight excluding hydrogens is 308 g/mol. The molecule has 0 aliphatic rings. The fourth-order valence-electron chi connectivity index (χ4n) is 2.66. The van der Waals surface area contributed by atoms with E-state index < -0.39 is 0 Å². The second-order valence-corrected chi connectivity index (χ2v) is 5.24. The number of methoxy groups -OCH3 is 3. The predicted molar refractivity (Wildman–Crippen MR) is 91.1 cm³/mol. The van der Waals surface area contributed by atoms with Crippen LogP contribution in [0.1, 0.15) is 11.3 Å². The van der Waals surface area contributed by atoms with Crippen LogP contribution in [0.25, 0.3) is 5.52 Å². The van der Waals surface area contributed by atoms with Crippen molar-refractivity contribution in [2.75, 3.05) is 26.6 Å². The van der Waals surface area contributed by atoms with Gasteiger partial charge in [-0.3, -0.25) is 0 Å². The van der Waals surface area contributed by atoms with Gasteiger partial charge in [0.1, 0.15) is 5.52 Å². The Bertz CT molecular complexity index is 860. The average molecular weight is 328 g/mol. The van der Waals surface area contributed by atoms with E-state index in [4.69, 9.17) is 14.2 Å². The number of aryl methyl sites for hydroxylation is 1. The van der Waals surface area contributed by atoms with Gasteiger partial charge in [-0.15, -0.1) is 0 Å². The highest BCUT2D eigenvalue weighted by Crippen LogP contribution is 2.39. The molecule has 0 fully saturated rings. The second-order valence-electron chi connectivity index (χ2n) is 5.24. The Morgan fingerprint density at radius 2 is 1.88 bits per heavy atom. The molecule has 126 valence electrons. The number of ether oxygens (including phenoxy) is 3. The van der Waals surface area contributed by atoms with E-state index in [0.717, 1.165) is 22.6 Å². The quantitative estimate of drug-likeness (QED) is 0.750. The number of hydrogen-bond acceptors (Lipinski definition) is 6. The van der Waals surface area contributed by atoms with E-state index in [1.165, 1.54) is 0 Å². The molecule has 0 aliphatic carbocycles. The molecule has 1 aromatic carbocycles. The zero-order valence-corrected chi connectivity index (χ0v) is 14.2. The molecule has 3 rings (SSSR count). The molecule has 1 N–H and O–H groups in total. The molecule has 0 aliphatic heterocycles. The van der Waals surface area contributed by atoms with E-state index in [1.807, 2.05) is 31.3 Å². The van der Waals surface area contributed by atoms with Crippen LogP contribution in [0.4, 0.5) is 5.82 Å². The number of benzene rings is 1. The minimum Gasteiger partial charge on any atom is -0.493 e. The summed E-state index contributed by atoms with van der Waals surface area (Å²) in [4.78, 5) is 4.40. The number of aromatic nitrogens is 3. The predicted octanol–water partition coefficient (Wildman–Crippen LogP) is 2.68. The maximum atomic E-state index is 5.51. The first kappa shape index (κ1) is 15.9. The molecular formula is C17H20N4O3. The van der Waals surface area contributed by atoms with Crippen LogP contribution in [0.3, 0.4) is 0 Å². The molecule has 0 spiro atoms. The fraction of sp³-hybridized carbons (Fsp3) is 0.294. The van der Waals surface area contributed by atoms with Gasteiger partial charge in [0.15, 0.2) is 17.3 Å². The third kappa shape index (κ3) is 2.80. The van der Waals surface area contributed by atoms with E-state index in [1.54, 1.807) is 32.0 Å². The Morgan fingerprint density at radius 3 is 2.58 bits per heavy atom. The van der Waals surface area contributed by atoms with Crippen LogP contribution >= 0.6 is 0 Å². The first-order valence-electron chi connectivity index (χ1n) is 7.50. The van der Waals surface area contributed by atoms with Crippen molar-refractivity contribution in [1.82, 2.24) is 14.6 Å². The molecule has 0 radical (unpaired) electrons. The summed E-state index contributed by atoms with van der Waals surface area (Å²) in [6.45, 7) is 2.48. The number of rotatable bonds is 6. The Hall–Kier alpha value is -2.96. The number of nitrogens with one attached hydrogen (secondary N) is 1. The third-order valence-electron chi connectivity index (χ3n) is 3.74. The van der Waals surface area contributed by atoms with Gasteiger partial charge in [0.25, 0.3) is 0 Å². The van der Waals surface area contributed by atoms with Crippen molar-refractivity contribution < 1.29 is 14.2 Å². The summed E-state index contributed by atoms with van der Waals surface area (Å²) in [5.74, 6) is 2.60. The lowest BCUT2D eigenvalue weighted by molar-refractivity contribution is 0.322. The minimum atomic E-state index is 0.528. The van der Waals surface area contributed by atoms with Gasteiger partial charge in [0.05, 0.1) is 27.0 Å². The molecule has 2 heterocycles. The van der Waals surface area contributed by atoms with Crippen LogP contribution in [0.5, 0.6) is 17.2 Å². The molecule has 7 heteroatoms. The van der Waals surface area contributed by atoms with Gasteiger partial charge in [0, 0.05) is 24.5 Å². The van der Waals surface area contributed by atoms with Crippen LogP contribution in [-0.2, 0) is 6.54 Å². The minimum absolute atomic E-state index is 0.528. The van der Waals surface area contributed by atoms with Gasteiger partial charge in [-0.2, -0.15) is 5.10 Å². The van der Waals surface area contributed by atoms with E-state index >= 15 is 0 Å². The first-order valence-corrected chi connectivity index (χ1v) is 7.50. The molecule has 0 saturated heterocycles. The van der Waals surface area contributed by atoms with Gasteiger partial charge in [-0.1, -0.05) is 0 Å². The summed E-state index contributed by atoms with van der Waals surface area (Å²) in [7, 11) is 4.80. The fourth-order valence-corrected chi connectivity index (χ4v) is 2.66. The molecule has 7 nitrogen and oxygen atoms in total. The molecule has 0 saturated carbocycles. The number of nitrogens with zero attached hydrogens (tertiary/aromatic N) is 3. The van der Waals surface area contributed by atoms with Crippen molar-refractivity contribution >= 4 is 11.3 Å². The van der Waals surface area contributed by atoms with Crippen LogP contribution < -0.4 is 19.5 Å². The highest BCUT2D eigenvalue weighted by atomic mass is 16.5. The van der Waals surface area contributed by atoms with Crippen LogP contribution in [0, 0.1) is 6.92 Å². The molecule has 0 atom stereocenters. The summed E-state index contributed by atoms with van der Waals surface area (Å²) in [6, 6.07) is 5.78. The van der Waals surface area contributed by atoms with E-state index in [2.05, 4.69) is 15.4 Å². The topological polar surface area (TPSA) is 69.9 Å². The smallest absolute Gasteiger partial charge is 0.203 e. The lowest BCUT2D eigenvalue weighted by Crippen LogP contribution is -2.06. The Balaban J connectivity index is 1.91. The summed E-state index contributed by atoms with van der Waals surface area (Å²) in [5.41, 5.74) is 2.80. The van der Waals surface area contributed by atoms with Crippen molar-refractivity contribution in [2.45, 2.75) is 13.5 Å². The lowest BCUT2D eigenvalue weighted by Gasteiger charge is -2.16. The van der Waals surface area contributed by atoms with Crippen molar-refractivity contribution in [1.29, 1.82) is 0 Å². The van der Waals surface area contributed by atoms with Crippen LogP contribution in [0.2, 0.25) is 0 Å². The van der Waals surface area contributed by atoms with Crippen molar-refractivity contribution in [3.05, 3.63) is 41.9 Å². The highest BCUT2D eigenvalue weighted by Gasteiger charge is 2.16. The molecule has 0 bridgehead atoms. The van der Waals surface area contributed by atoms with Crippen LogP contribution in [-0.4, -0.2) is 35.9 Å². The summed E-state index contributed by atoms with van der Waals surface area (Å²) < 4.78 is 18.0. The lowest BCUT2D eigenvalue weighted by atomic mass is 10.1. The summed E-state index contributed by atoms with van der Waals surface area (Å²) >= 11 is 0. The normalized spacial score (nSPS) is 10.7. The number of fused-ring (bicyclic) bond motifs is 1. The zero-order chi connectivity index (χ0) is 17.1. The average Bonchev–Trinajstić information content (AvgIpc) is 2.99. The highest BCUT2D eigenvalue weighted by molar-refractivity contribution is 5.68. The SMILES string of the molecule is COc1ccc(CNc2nccn3nc(C)cc23)c(OC)c1OC. The van der Waals surface area contributed by atoms with E-state index in [0.29, 0.717) is 23.8 Å². The third-order valence-corrected chi connectivity index (χ3v) is 3.74. The monoisotopic (exact) mass is 328 g/mol. The molecule has 0 unspecified atom stereocenters. The molecule has 2 aromatic heterocycles. The summed E-state index contributed by atoms with van der Waals surface area (Å²) in [5, 5.41) is 7.72. The Kier molecular flexibility index (Phi) is 4.41. The maximum Gasteiger partial charge on any atom is 0.203 e. The van der Waals surface area contributed by atoms with Gasteiger partial charge >= 0.3 is 0 Å². The standard InChI is InChI=1S/C17H20N4O3/c1-11-9-13-17(18-7-8-21(13)20-11)19-10-12-5-6-14(22-2)16(24-4)15(12)23-3/h5-9H,10H2,1-4H3,(H,18,19). The van der Waals surface area contributed by atoms with Gasteiger partial charge in [-0.25, -0.2) is 9.50 Å². The molecule has 0 amide bonds. The first-order chi connectivity index (χ1) is 11.7. The van der Waals surface area contributed by atoms with E-state index in [9.17, 15) is 0 Å². The largest absolute Gasteiger partial charge is 0.493 e. The Morgan fingerprint density at radius 1 is 1.08 bits per heavy atom. The van der Waals surface area contributed by atoms with Gasteiger partial charge in [-0.05, 0) is 25.1 Å². The van der Waals surface area contributed by atoms with E-state index in [-0.39, 0.29) is 0 Å².